The molecule has 1 atom stereocenters. The third-order valence-electron chi connectivity index (χ3n) is 2.64. The third kappa shape index (κ3) is 2.98. The lowest BCUT2D eigenvalue weighted by Gasteiger charge is -2.29. The lowest BCUT2D eigenvalue weighted by atomic mass is 9.93. The minimum atomic E-state index is 0.204. The van der Waals surface area contributed by atoms with E-state index in [-0.39, 0.29) is 5.54 Å². The molecule has 1 aromatic rings. The highest BCUT2D eigenvalue weighted by Crippen LogP contribution is 2.24. The highest BCUT2D eigenvalue weighted by atomic mass is 32.1. The highest BCUT2D eigenvalue weighted by Gasteiger charge is 2.21. The molecule has 0 bridgehead atoms. The second-order valence-electron chi connectivity index (χ2n) is 4.11. The SMILES string of the molecule is CCCC(C)(CC)Nc1cc(C)sn1. The fourth-order valence-electron chi connectivity index (χ4n) is 1.61. The van der Waals surface area contributed by atoms with Crippen LogP contribution in [-0.4, -0.2) is 9.91 Å². The van der Waals surface area contributed by atoms with E-state index in [1.54, 1.807) is 11.5 Å². The van der Waals surface area contributed by atoms with Crippen LogP contribution in [0.1, 0.15) is 44.9 Å². The molecule has 1 N–H and O–H groups in total. The molecule has 0 radical (unpaired) electrons. The van der Waals surface area contributed by atoms with Gasteiger partial charge in [-0.1, -0.05) is 20.3 Å². The molecule has 3 heteroatoms. The molecule has 0 saturated carbocycles. The molecular formula is C11H20N2S. The van der Waals surface area contributed by atoms with Gasteiger partial charge in [0.25, 0.3) is 0 Å². The van der Waals surface area contributed by atoms with Crippen LogP contribution in [0, 0.1) is 6.92 Å². The van der Waals surface area contributed by atoms with Gasteiger partial charge in [-0.15, -0.1) is 0 Å². The minimum Gasteiger partial charge on any atom is -0.364 e. The highest BCUT2D eigenvalue weighted by molar-refractivity contribution is 7.05. The topological polar surface area (TPSA) is 24.9 Å². The number of aryl methyl sites for hydroxylation is 1. The zero-order chi connectivity index (χ0) is 10.6. The van der Waals surface area contributed by atoms with Crippen LogP contribution in [0.5, 0.6) is 0 Å². The fourth-order valence-corrected chi connectivity index (χ4v) is 2.12. The van der Waals surface area contributed by atoms with E-state index in [0.717, 1.165) is 12.2 Å². The van der Waals surface area contributed by atoms with E-state index in [0.29, 0.717) is 0 Å². The summed E-state index contributed by atoms with van der Waals surface area (Å²) in [6.07, 6.45) is 3.54. The Bertz CT molecular complexity index is 283. The molecule has 0 aliphatic rings. The number of anilines is 1. The molecule has 0 saturated heterocycles. The van der Waals surface area contributed by atoms with E-state index in [2.05, 4.69) is 43.5 Å². The minimum absolute atomic E-state index is 0.204. The van der Waals surface area contributed by atoms with Crippen molar-refractivity contribution >= 4 is 17.4 Å². The summed E-state index contributed by atoms with van der Waals surface area (Å²) in [4.78, 5) is 1.27. The first-order valence-electron chi connectivity index (χ1n) is 5.31. The molecule has 14 heavy (non-hydrogen) atoms. The van der Waals surface area contributed by atoms with E-state index < -0.39 is 0 Å². The summed E-state index contributed by atoms with van der Waals surface area (Å²) in [5, 5.41) is 3.53. The fraction of sp³-hybridized carbons (Fsp3) is 0.727. The van der Waals surface area contributed by atoms with Gasteiger partial charge in [0.05, 0.1) is 0 Å². The van der Waals surface area contributed by atoms with Crippen LogP contribution in [-0.2, 0) is 0 Å². The van der Waals surface area contributed by atoms with Gasteiger partial charge in [-0.3, -0.25) is 0 Å². The van der Waals surface area contributed by atoms with Gasteiger partial charge in [0.1, 0.15) is 5.82 Å². The van der Waals surface area contributed by atoms with E-state index in [4.69, 9.17) is 0 Å². The molecule has 1 unspecified atom stereocenters. The smallest absolute Gasteiger partial charge is 0.140 e. The zero-order valence-electron chi connectivity index (χ0n) is 9.55. The molecular weight excluding hydrogens is 192 g/mol. The summed E-state index contributed by atoms with van der Waals surface area (Å²) in [6, 6.07) is 2.12. The predicted octanol–water partition coefficient (Wildman–Crippen LogP) is 3.83. The van der Waals surface area contributed by atoms with Crippen molar-refractivity contribution in [3.05, 3.63) is 10.9 Å². The molecule has 0 aliphatic heterocycles. The van der Waals surface area contributed by atoms with E-state index in [1.807, 2.05) is 0 Å². The lowest BCUT2D eigenvalue weighted by Crippen LogP contribution is -2.33. The second-order valence-corrected chi connectivity index (χ2v) is 5.12. The van der Waals surface area contributed by atoms with Gasteiger partial charge in [-0.05, 0) is 44.3 Å². The van der Waals surface area contributed by atoms with Crippen molar-refractivity contribution in [1.82, 2.24) is 4.37 Å². The molecule has 1 rings (SSSR count). The number of nitrogens with zero attached hydrogens (tertiary/aromatic N) is 1. The van der Waals surface area contributed by atoms with Crippen LogP contribution in [0.15, 0.2) is 6.07 Å². The first-order chi connectivity index (χ1) is 6.59. The summed E-state index contributed by atoms with van der Waals surface area (Å²) in [7, 11) is 0. The molecule has 0 spiro atoms. The standard InChI is InChI=1S/C11H20N2S/c1-5-7-11(4,6-2)12-10-8-9(3)14-13-10/h8H,5-7H2,1-4H3,(H,12,13). The van der Waals surface area contributed by atoms with Crippen LogP contribution in [0.4, 0.5) is 5.82 Å². The summed E-state index contributed by atoms with van der Waals surface area (Å²) in [5.74, 6) is 1.03. The average Bonchev–Trinajstić information content (AvgIpc) is 2.51. The quantitative estimate of drug-likeness (QED) is 0.802. The van der Waals surface area contributed by atoms with Crippen LogP contribution < -0.4 is 5.32 Å². The van der Waals surface area contributed by atoms with Crippen molar-refractivity contribution in [3.63, 3.8) is 0 Å². The van der Waals surface area contributed by atoms with E-state index >= 15 is 0 Å². The van der Waals surface area contributed by atoms with Gasteiger partial charge in [-0.2, -0.15) is 4.37 Å². The number of nitrogens with one attached hydrogen (secondary N) is 1. The number of hydrogen-bond acceptors (Lipinski definition) is 3. The van der Waals surface area contributed by atoms with Crippen LogP contribution >= 0.6 is 11.5 Å². The van der Waals surface area contributed by atoms with E-state index in [1.165, 1.54) is 17.7 Å². The maximum Gasteiger partial charge on any atom is 0.140 e. The Labute approximate surface area is 90.9 Å². The van der Waals surface area contributed by atoms with Crippen molar-refractivity contribution in [2.75, 3.05) is 5.32 Å². The van der Waals surface area contributed by atoms with Gasteiger partial charge in [-0.25, -0.2) is 0 Å². The van der Waals surface area contributed by atoms with Crippen molar-refractivity contribution in [2.24, 2.45) is 0 Å². The van der Waals surface area contributed by atoms with Gasteiger partial charge >= 0.3 is 0 Å². The normalized spacial score (nSPS) is 15.1. The second kappa shape index (κ2) is 4.78. The number of aromatic nitrogens is 1. The molecule has 0 fully saturated rings. The molecule has 80 valence electrons. The Morgan fingerprint density at radius 3 is 2.64 bits per heavy atom. The Kier molecular flexibility index (Phi) is 3.93. The van der Waals surface area contributed by atoms with Crippen molar-refractivity contribution in [3.8, 4) is 0 Å². The largest absolute Gasteiger partial charge is 0.364 e. The summed E-state index contributed by atoms with van der Waals surface area (Å²) >= 11 is 1.56. The Hall–Kier alpha value is -0.570. The first kappa shape index (κ1) is 11.5. The summed E-state index contributed by atoms with van der Waals surface area (Å²) in [6.45, 7) is 8.81. The molecule has 1 aromatic heterocycles. The third-order valence-corrected chi connectivity index (χ3v) is 3.33. The van der Waals surface area contributed by atoms with Gasteiger partial charge in [0.2, 0.25) is 0 Å². The molecule has 2 nitrogen and oxygen atoms in total. The van der Waals surface area contributed by atoms with Crippen LogP contribution in [0.25, 0.3) is 0 Å². The molecule has 0 aliphatic carbocycles. The Morgan fingerprint density at radius 2 is 2.21 bits per heavy atom. The molecule has 0 aromatic carbocycles. The average molecular weight is 212 g/mol. The van der Waals surface area contributed by atoms with Crippen LogP contribution in [0.3, 0.4) is 0 Å². The molecule has 0 amide bonds. The molecule has 1 heterocycles. The Balaban J connectivity index is 2.64. The van der Waals surface area contributed by atoms with Gasteiger partial charge < -0.3 is 5.32 Å². The first-order valence-corrected chi connectivity index (χ1v) is 6.08. The van der Waals surface area contributed by atoms with E-state index in [9.17, 15) is 0 Å². The number of hydrogen-bond donors (Lipinski definition) is 1. The summed E-state index contributed by atoms with van der Waals surface area (Å²) < 4.78 is 4.36. The van der Waals surface area contributed by atoms with Gasteiger partial charge in [0, 0.05) is 10.4 Å². The lowest BCUT2D eigenvalue weighted by molar-refractivity contribution is 0.450. The van der Waals surface area contributed by atoms with Crippen molar-refractivity contribution < 1.29 is 0 Å². The Morgan fingerprint density at radius 1 is 1.50 bits per heavy atom. The maximum atomic E-state index is 4.36. The van der Waals surface area contributed by atoms with Crippen molar-refractivity contribution in [1.29, 1.82) is 0 Å². The van der Waals surface area contributed by atoms with Crippen LogP contribution in [0.2, 0.25) is 0 Å². The maximum absolute atomic E-state index is 4.36. The number of rotatable bonds is 5. The van der Waals surface area contributed by atoms with Gasteiger partial charge in [0.15, 0.2) is 0 Å². The zero-order valence-corrected chi connectivity index (χ0v) is 10.4. The predicted molar refractivity (Wildman–Crippen MR) is 64.1 cm³/mol. The summed E-state index contributed by atoms with van der Waals surface area (Å²) in [5.41, 5.74) is 0.204. The van der Waals surface area contributed by atoms with Crippen molar-refractivity contribution in [2.45, 2.75) is 52.5 Å². The monoisotopic (exact) mass is 212 g/mol.